The number of hydrogen-bond acceptors (Lipinski definition) is 4. The lowest BCUT2D eigenvalue weighted by atomic mass is 10.1. The molecule has 78 valence electrons. The minimum Gasteiger partial charge on any atom is -0.393 e. The van der Waals surface area contributed by atoms with Crippen LogP contribution in [0.4, 0.5) is 5.82 Å². The quantitative estimate of drug-likeness (QED) is 0.756. The fourth-order valence-electron chi connectivity index (χ4n) is 0.838. The van der Waals surface area contributed by atoms with Crippen LogP contribution >= 0.6 is 15.9 Å². The maximum atomic E-state index is 9.50. The monoisotopic (exact) mass is 260 g/mol. The van der Waals surface area contributed by atoms with E-state index in [1.165, 1.54) is 0 Å². The number of rotatable bonds is 4. The first-order chi connectivity index (χ1) is 6.53. The fraction of sp³-hybridized carbons (Fsp3) is 0.444. The number of anilines is 1. The molecule has 0 radical (unpaired) electrons. The molecular formula is C9H13BrN2O2. The second-order valence-electron chi connectivity index (χ2n) is 3.37. The van der Waals surface area contributed by atoms with Crippen molar-refractivity contribution in [3.63, 3.8) is 0 Å². The van der Waals surface area contributed by atoms with Crippen LogP contribution < -0.4 is 5.32 Å². The van der Waals surface area contributed by atoms with E-state index >= 15 is 0 Å². The number of pyridine rings is 1. The Labute approximate surface area is 91.1 Å². The summed E-state index contributed by atoms with van der Waals surface area (Å²) in [6.45, 7) is 1.53. The molecule has 1 atom stereocenters. The zero-order chi connectivity index (χ0) is 10.6. The van der Waals surface area contributed by atoms with Gasteiger partial charge in [0.1, 0.15) is 11.4 Å². The van der Waals surface area contributed by atoms with E-state index in [0.29, 0.717) is 5.82 Å². The highest BCUT2D eigenvalue weighted by molar-refractivity contribution is 9.10. The summed E-state index contributed by atoms with van der Waals surface area (Å²) in [6.07, 6.45) is 1.65. The summed E-state index contributed by atoms with van der Waals surface area (Å²) in [7, 11) is 0. The Morgan fingerprint density at radius 3 is 2.93 bits per heavy atom. The highest BCUT2D eigenvalue weighted by Crippen LogP contribution is 2.13. The van der Waals surface area contributed by atoms with Gasteiger partial charge in [-0.05, 0) is 19.1 Å². The molecule has 0 amide bonds. The first-order valence-electron chi connectivity index (χ1n) is 4.22. The molecule has 5 heteroatoms. The summed E-state index contributed by atoms with van der Waals surface area (Å²) < 4.78 is 0.915. The van der Waals surface area contributed by atoms with Gasteiger partial charge < -0.3 is 15.5 Å². The van der Waals surface area contributed by atoms with Gasteiger partial charge in [0.25, 0.3) is 0 Å². The second kappa shape index (κ2) is 4.72. The number of halogens is 1. The zero-order valence-electron chi connectivity index (χ0n) is 7.87. The van der Waals surface area contributed by atoms with Gasteiger partial charge in [-0.15, -0.1) is 0 Å². The van der Waals surface area contributed by atoms with Crippen molar-refractivity contribution in [2.45, 2.75) is 12.5 Å². The topological polar surface area (TPSA) is 65.4 Å². The summed E-state index contributed by atoms with van der Waals surface area (Å²) in [5.41, 5.74) is -1.12. The van der Waals surface area contributed by atoms with Crippen molar-refractivity contribution in [1.82, 2.24) is 4.98 Å². The molecule has 0 aliphatic rings. The lowest BCUT2D eigenvalue weighted by Crippen LogP contribution is -2.37. The van der Waals surface area contributed by atoms with Crippen molar-refractivity contribution in [3.8, 4) is 0 Å². The van der Waals surface area contributed by atoms with Crippen LogP contribution in [0.1, 0.15) is 6.92 Å². The third kappa shape index (κ3) is 3.61. The number of hydrogen-bond donors (Lipinski definition) is 3. The molecule has 0 aliphatic heterocycles. The van der Waals surface area contributed by atoms with Crippen molar-refractivity contribution in [2.24, 2.45) is 0 Å². The van der Waals surface area contributed by atoms with Gasteiger partial charge in [-0.2, -0.15) is 0 Å². The molecule has 0 saturated carbocycles. The molecule has 14 heavy (non-hydrogen) atoms. The van der Waals surface area contributed by atoms with E-state index in [4.69, 9.17) is 5.11 Å². The molecule has 0 saturated heterocycles. The lowest BCUT2D eigenvalue weighted by molar-refractivity contribution is 0.0132. The van der Waals surface area contributed by atoms with E-state index in [1.54, 1.807) is 19.2 Å². The molecule has 0 bridgehead atoms. The fourth-order valence-corrected chi connectivity index (χ4v) is 1.17. The van der Waals surface area contributed by atoms with E-state index in [1.807, 2.05) is 6.07 Å². The van der Waals surface area contributed by atoms with E-state index in [0.717, 1.165) is 4.47 Å². The smallest absolute Gasteiger partial charge is 0.127 e. The van der Waals surface area contributed by atoms with Crippen LogP contribution in [-0.2, 0) is 0 Å². The summed E-state index contributed by atoms with van der Waals surface area (Å²) >= 11 is 3.31. The molecule has 4 nitrogen and oxygen atoms in total. The standard InChI is InChI=1S/C9H13BrN2O2/c1-9(14,6-13)5-12-8-4-7(10)2-3-11-8/h2-4,13-14H,5-6H2,1H3,(H,11,12). The maximum absolute atomic E-state index is 9.50. The van der Waals surface area contributed by atoms with Crippen molar-refractivity contribution < 1.29 is 10.2 Å². The lowest BCUT2D eigenvalue weighted by Gasteiger charge is -2.20. The molecule has 1 rings (SSSR count). The molecule has 0 aliphatic carbocycles. The highest BCUT2D eigenvalue weighted by Gasteiger charge is 2.18. The normalized spacial score (nSPS) is 14.9. The molecule has 1 unspecified atom stereocenters. The first-order valence-corrected chi connectivity index (χ1v) is 5.01. The van der Waals surface area contributed by atoms with Crippen LogP contribution in [0.15, 0.2) is 22.8 Å². The van der Waals surface area contributed by atoms with Crippen molar-refractivity contribution in [3.05, 3.63) is 22.8 Å². The van der Waals surface area contributed by atoms with Gasteiger partial charge in [-0.25, -0.2) is 4.98 Å². The predicted molar refractivity (Wildman–Crippen MR) is 58.1 cm³/mol. The minimum absolute atomic E-state index is 0.257. The molecule has 1 aromatic heterocycles. The van der Waals surface area contributed by atoms with Crippen molar-refractivity contribution in [2.75, 3.05) is 18.5 Å². The van der Waals surface area contributed by atoms with E-state index in [-0.39, 0.29) is 13.2 Å². The average molecular weight is 261 g/mol. The Balaban J connectivity index is 2.54. The molecule has 0 aromatic carbocycles. The van der Waals surface area contributed by atoms with Crippen LogP contribution in [0.25, 0.3) is 0 Å². The third-order valence-corrected chi connectivity index (χ3v) is 2.21. The zero-order valence-corrected chi connectivity index (χ0v) is 9.45. The number of nitrogens with zero attached hydrogens (tertiary/aromatic N) is 1. The van der Waals surface area contributed by atoms with E-state index < -0.39 is 5.60 Å². The molecule has 3 N–H and O–H groups in total. The van der Waals surface area contributed by atoms with Crippen LogP contribution in [0.5, 0.6) is 0 Å². The van der Waals surface area contributed by atoms with Crippen molar-refractivity contribution in [1.29, 1.82) is 0 Å². The van der Waals surface area contributed by atoms with E-state index in [9.17, 15) is 5.11 Å². The summed E-state index contributed by atoms with van der Waals surface area (Å²) in [6, 6.07) is 3.61. The van der Waals surface area contributed by atoms with Gasteiger partial charge in [0.05, 0.1) is 6.61 Å². The third-order valence-electron chi connectivity index (χ3n) is 1.71. The van der Waals surface area contributed by atoms with Gasteiger partial charge in [-0.3, -0.25) is 0 Å². The predicted octanol–water partition coefficient (Wildman–Crippen LogP) is 0.999. The highest BCUT2D eigenvalue weighted by atomic mass is 79.9. The molecule has 0 spiro atoms. The van der Waals surface area contributed by atoms with Gasteiger partial charge in [-0.1, -0.05) is 15.9 Å². The Morgan fingerprint density at radius 2 is 2.36 bits per heavy atom. The molecule has 0 fully saturated rings. The maximum Gasteiger partial charge on any atom is 0.127 e. The average Bonchev–Trinajstić information content (AvgIpc) is 2.15. The number of aliphatic hydroxyl groups excluding tert-OH is 1. The van der Waals surface area contributed by atoms with Crippen LogP contribution in [0.2, 0.25) is 0 Å². The minimum atomic E-state index is -1.12. The van der Waals surface area contributed by atoms with Crippen LogP contribution in [0, 0.1) is 0 Å². The van der Waals surface area contributed by atoms with Gasteiger partial charge in [0.15, 0.2) is 0 Å². The van der Waals surface area contributed by atoms with Crippen LogP contribution in [0.3, 0.4) is 0 Å². The first kappa shape index (κ1) is 11.4. The summed E-state index contributed by atoms with van der Waals surface area (Å²) in [5.74, 6) is 0.660. The largest absolute Gasteiger partial charge is 0.393 e. The number of nitrogens with one attached hydrogen (secondary N) is 1. The number of aromatic nitrogens is 1. The summed E-state index contributed by atoms with van der Waals surface area (Å²) in [5, 5.41) is 21.2. The van der Waals surface area contributed by atoms with Gasteiger partial charge in [0.2, 0.25) is 0 Å². The molecule has 1 heterocycles. The van der Waals surface area contributed by atoms with E-state index in [2.05, 4.69) is 26.2 Å². The van der Waals surface area contributed by atoms with Crippen LogP contribution in [-0.4, -0.2) is 33.9 Å². The Bertz CT molecular complexity index is 305. The van der Waals surface area contributed by atoms with Gasteiger partial charge >= 0.3 is 0 Å². The Hall–Kier alpha value is -0.650. The van der Waals surface area contributed by atoms with Gasteiger partial charge in [0, 0.05) is 17.2 Å². The SMILES string of the molecule is CC(O)(CO)CNc1cc(Br)ccn1. The Kier molecular flexibility index (Phi) is 3.86. The van der Waals surface area contributed by atoms with Crippen molar-refractivity contribution >= 4 is 21.7 Å². The number of aliphatic hydroxyl groups is 2. The Morgan fingerprint density at radius 1 is 1.64 bits per heavy atom. The summed E-state index contributed by atoms with van der Waals surface area (Å²) in [4.78, 5) is 4.04. The second-order valence-corrected chi connectivity index (χ2v) is 4.28. The molecule has 1 aromatic rings. The molecular weight excluding hydrogens is 248 g/mol.